The quantitative estimate of drug-likeness (QED) is 0.867. The standard InChI is InChI=1S/C13H20N4O2/c1-9(2)13(19)16-7-10-4-5-15-17(10)11(8-16)6-12(18)14-3/h4-5,9,11H,6-8H2,1-3H3,(H,14,18). The van der Waals surface area contributed by atoms with E-state index < -0.39 is 0 Å². The minimum Gasteiger partial charge on any atom is -0.359 e. The monoisotopic (exact) mass is 264 g/mol. The van der Waals surface area contributed by atoms with E-state index in [9.17, 15) is 9.59 Å². The van der Waals surface area contributed by atoms with Crippen molar-refractivity contribution in [3.63, 3.8) is 0 Å². The summed E-state index contributed by atoms with van der Waals surface area (Å²) in [5.74, 6) is 0.0507. The van der Waals surface area contributed by atoms with Gasteiger partial charge >= 0.3 is 0 Å². The molecule has 0 aromatic carbocycles. The number of nitrogens with one attached hydrogen (secondary N) is 1. The van der Waals surface area contributed by atoms with Crippen LogP contribution in [0.15, 0.2) is 12.3 Å². The first-order valence-corrected chi connectivity index (χ1v) is 6.54. The molecule has 0 spiro atoms. The predicted octanol–water partition coefficient (Wildman–Crippen LogP) is 0.558. The Bertz CT molecular complexity index is 481. The SMILES string of the molecule is CNC(=O)CC1CN(C(=O)C(C)C)Cc2ccnn21. The van der Waals surface area contributed by atoms with Gasteiger partial charge in [0.25, 0.3) is 0 Å². The van der Waals surface area contributed by atoms with E-state index in [0.29, 0.717) is 19.5 Å². The number of carbonyl (C=O) groups is 2. The number of fused-ring (bicyclic) bond motifs is 1. The molecule has 0 aliphatic carbocycles. The summed E-state index contributed by atoms with van der Waals surface area (Å²) < 4.78 is 1.86. The van der Waals surface area contributed by atoms with Crippen LogP contribution in [0.5, 0.6) is 0 Å². The maximum Gasteiger partial charge on any atom is 0.225 e. The van der Waals surface area contributed by atoms with Crippen molar-refractivity contribution in [1.29, 1.82) is 0 Å². The molecule has 0 saturated carbocycles. The molecule has 1 aromatic rings. The van der Waals surface area contributed by atoms with Gasteiger partial charge in [0, 0.05) is 25.7 Å². The number of nitrogens with zero attached hydrogens (tertiary/aromatic N) is 3. The van der Waals surface area contributed by atoms with Crippen molar-refractivity contribution in [2.24, 2.45) is 5.92 Å². The van der Waals surface area contributed by atoms with E-state index in [0.717, 1.165) is 5.69 Å². The summed E-state index contributed by atoms with van der Waals surface area (Å²) in [4.78, 5) is 25.5. The van der Waals surface area contributed by atoms with Gasteiger partial charge in [0.2, 0.25) is 11.8 Å². The lowest BCUT2D eigenvalue weighted by Crippen LogP contribution is -2.44. The lowest BCUT2D eigenvalue weighted by atomic mass is 10.1. The Morgan fingerprint density at radius 1 is 1.53 bits per heavy atom. The smallest absolute Gasteiger partial charge is 0.225 e. The minimum atomic E-state index is -0.0820. The van der Waals surface area contributed by atoms with Gasteiger partial charge in [-0.2, -0.15) is 5.10 Å². The molecule has 1 unspecified atom stereocenters. The maximum absolute atomic E-state index is 12.1. The second kappa shape index (κ2) is 5.42. The molecule has 1 atom stereocenters. The molecule has 0 radical (unpaired) electrons. The van der Waals surface area contributed by atoms with Gasteiger partial charge < -0.3 is 10.2 Å². The van der Waals surface area contributed by atoms with Gasteiger partial charge in [0.1, 0.15) is 0 Å². The van der Waals surface area contributed by atoms with Crippen LogP contribution in [0.25, 0.3) is 0 Å². The van der Waals surface area contributed by atoms with E-state index in [1.165, 1.54) is 0 Å². The van der Waals surface area contributed by atoms with E-state index >= 15 is 0 Å². The van der Waals surface area contributed by atoms with Crippen molar-refractivity contribution in [2.45, 2.75) is 32.9 Å². The molecule has 0 saturated heterocycles. The second-order valence-electron chi connectivity index (χ2n) is 5.17. The van der Waals surface area contributed by atoms with Gasteiger partial charge in [-0.05, 0) is 6.07 Å². The van der Waals surface area contributed by atoms with Crippen molar-refractivity contribution >= 4 is 11.8 Å². The Kier molecular flexibility index (Phi) is 3.87. The van der Waals surface area contributed by atoms with Crippen LogP contribution in [0.1, 0.15) is 32.0 Å². The van der Waals surface area contributed by atoms with Crippen LogP contribution in [0.3, 0.4) is 0 Å². The number of carbonyl (C=O) groups excluding carboxylic acids is 2. The Labute approximate surface area is 112 Å². The third-order valence-corrected chi connectivity index (χ3v) is 3.39. The summed E-state index contributed by atoms with van der Waals surface area (Å²) in [6.07, 6.45) is 2.06. The van der Waals surface area contributed by atoms with Crippen LogP contribution in [0.2, 0.25) is 0 Å². The highest BCUT2D eigenvalue weighted by Gasteiger charge is 2.30. The van der Waals surface area contributed by atoms with Crippen molar-refractivity contribution < 1.29 is 9.59 Å². The molecule has 1 aliphatic rings. The highest BCUT2D eigenvalue weighted by molar-refractivity contribution is 5.79. The highest BCUT2D eigenvalue weighted by atomic mass is 16.2. The maximum atomic E-state index is 12.1. The normalized spacial score (nSPS) is 18.3. The first-order valence-electron chi connectivity index (χ1n) is 6.54. The van der Waals surface area contributed by atoms with Crippen molar-refractivity contribution in [1.82, 2.24) is 20.0 Å². The van der Waals surface area contributed by atoms with E-state index in [4.69, 9.17) is 0 Å². The Balaban J connectivity index is 2.19. The predicted molar refractivity (Wildman–Crippen MR) is 70.2 cm³/mol. The second-order valence-corrected chi connectivity index (χ2v) is 5.17. The average molecular weight is 264 g/mol. The largest absolute Gasteiger partial charge is 0.359 e. The van der Waals surface area contributed by atoms with Crippen molar-refractivity contribution in [3.8, 4) is 0 Å². The van der Waals surface area contributed by atoms with Crippen LogP contribution in [0.4, 0.5) is 0 Å². The van der Waals surface area contributed by atoms with Gasteiger partial charge in [0.05, 0.1) is 24.7 Å². The summed E-state index contributed by atoms with van der Waals surface area (Å²) in [6.45, 7) is 4.89. The zero-order valence-electron chi connectivity index (χ0n) is 11.6. The fourth-order valence-electron chi connectivity index (χ4n) is 2.39. The zero-order valence-corrected chi connectivity index (χ0v) is 11.6. The van der Waals surface area contributed by atoms with Crippen LogP contribution < -0.4 is 5.32 Å². The number of amides is 2. The molecule has 2 rings (SSSR count). The van der Waals surface area contributed by atoms with Gasteiger partial charge in [-0.3, -0.25) is 14.3 Å². The molecule has 104 valence electrons. The van der Waals surface area contributed by atoms with E-state index in [1.807, 2.05) is 29.5 Å². The summed E-state index contributed by atoms with van der Waals surface area (Å²) in [7, 11) is 1.62. The lowest BCUT2D eigenvalue weighted by molar-refractivity contribution is -0.137. The first kappa shape index (κ1) is 13.6. The van der Waals surface area contributed by atoms with Gasteiger partial charge in [-0.25, -0.2) is 0 Å². The molecule has 0 fully saturated rings. The van der Waals surface area contributed by atoms with Crippen molar-refractivity contribution in [3.05, 3.63) is 18.0 Å². The number of hydrogen-bond donors (Lipinski definition) is 1. The van der Waals surface area contributed by atoms with Crippen molar-refractivity contribution in [2.75, 3.05) is 13.6 Å². The summed E-state index contributed by atoms with van der Waals surface area (Å²) in [6, 6.07) is 1.82. The highest BCUT2D eigenvalue weighted by Crippen LogP contribution is 2.24. The Hall–Kier alpha value is -1.85. The van der Waals surface area contributed by atoms with Gasteiger partial charge in [0.15, 0.2) is 0 Å². The molecule has 0 bridgehead atoms. The van der Waals surface area contributed by atoms with Crippen LogP contribution >= 0.6 is 0 Å². The fraction of sp³-hybridized carbons (Fsp3) is 0.615. The molecule has 1 N–H and O–H groups in total. The fourth-order valence-corrected chi connectivity index (χ4v) is 2.39. The lowest BCUT2D eigenvalue weighted by Gasteiger charge is -2.34. The van der Waals surface area contributed by atoms with Crippen LogP contribution in [0, 0.1) is 5.92 Å². The zero-order chi connectivity index (χ0) is 14.0. The topological polar surface area (TPSA) is 67.2 Å². The van der Waals surface area contributed by atoms with Gasteiger partial charge in [-0.1, -0.05) is 13.8 Å². The van der Waals surface area contributed by atoms with Gasteiger partial charge in [-0.15, -0.1) is 0 Å². The molecule has 1 aliphatic heterocycles. The average Bonchev–Trinajstić information content (AvgIpc) is 2.85. The van der Waals surface area contributed by atoms with Crippen LogP contribution in [-0.2, 0) is 16.1 Å². The summed E-state index contributed by atoms with van der Waals surface area (Å²) in [5, 5.41) is 6.88. The number of aromatic nitrogens is 2. The molecular weight excluding hydrogens is 244 g/mol. The molecule has 2 heterocycles. The molecule has 1 aromatic heterocycles. The Morgan fingerprint density at radius 2 is 2.26 bits per heavy atom. The molecule has 6 heteroatoms. The molecule has 6 nitrogen and oxygen atoms in total. The van der Waals surface area contributed by atoms with E-state index in [1.54, 1.807) is 13.2 Å². The Morgan fingerprint density at radius 3 is 2.89 bits per heavy atom. The molecule has 2 amide bonds. The number of rotatable bonds is 3. The van der Waals surface area contributed by atoms with E-state index in [2.05, 4.69) is 10.4 Å². The summed E-state index contributed by atoms with van der Waals surface area (Å²) >= 11 is 0. The third-order valence-electron chi connectivity index (χ3n) is 3.39. The third kappa shape index (κ3) is 2.77. The summed E-state index contributed by atoms with van der Waals surface area (Å²) in [5.41, 5.74) is 0.981. The number of hydrogen-bond acceptors (Lipinski definition) is 3. The minimum absolute atomic E-state index is 0.0323. The molecule has 19 heavy (non-hydrogen) atoms. The first-order chi connectivity index (χ1) is 9.02. The molecular formula is C13H20N4O2. The van der Waals surface area contributed by atoms with Crippen LogP contribution in [-0.4, -0.2) is 40.1 Å². The van der Waals surface area contributed by atoms with E-state index in [-0.39, 0.29) is 23.8 Å².